The Morgan fingerprint density at radius 2 is 1.93 bits per heavy atom. The fourth-order valence-electron chi connectivity index (χ4n) is 3.31. The van der Waals surface area contributed by atoms with Crippen LogP contribution in [0.5, 0.6) is 0 Å². The lowest BCUT2D eigenvalue weighted by Gasteiger charge is -2.34. The van der Waals surface area contributed by atoms with E-state index in [0.29, 0.717) is 36.1 Å². The molecule has 0 atom stereocenters. The number of likely N-dealkylation sites (tertiary alicyclic amines) is 1. The van der Waals surface area contributed by atoms with E-state index >= 15 is 0 Å². The molecule has 9 heteroatoms. The number of amides is 1. The van der Waals surface area contributed by atoms with Crippen LogP contribution >= 0.6 is 15.9 Å². The molecule has 8 nitrogen and oxygen atoms in total. The van der Waals surface area contributed by atoms with Gasteiger partial charge in [-0.2, -0.15) is 4.98 Å². The van der Waals surface area contributed by atoms with Crippen molar-refractivity contribution in [3.63, 3.8) is 0 Å². The molecule has 146 valence electrons. The topological polar surface area (TPSA) is 103 Å². The van der Waals surface area contributed by atoms with E-state index in [4.69, 9.17) is 10.5 Å². The minimum atomic E-state index is -0.530. The summed E-state index contributed by atoms with van der Waals surface area (Å²) in [5, 5.41) is 0.783. The summed E-state index contributed by atoms with van der Waals surface area (Å²) in [5.41, 5.74) is 6.38. The average Bonchev–Trinajstić information content (AvgIpc) is 2.56. The maximum absolute atomic E-state index is 12.8. The lowest BCUT2D eigenvalue weighted by molar-refractivity contribution is 0.0188. The summed E-state index contributed by atoms with van der Waals surface area (Å²) in [6, 6.07) is 1.66. The van der Waals surface area contributed by atoms with Crippen molar-refractivity contribution >= 4 is 39.0 Å². The number of halogens is 1. The van der Waals surface area contributed by atoms with Crippen LogP contribution in [-0.4, -0.2) is 44.2 Å². The van der Waals surface area contributed by atoms with E-state index in [0.717, 1.165) is 11.1 Å². The third-order valence-electron chi connectivity index (χ3n) is 4.54. The Morgan fingerprint density at radius 3 is 2.52 bits per heavy atom. The second-order valence-corrected chi connectivity index (χ2v) is 8.62. The van der Waals surface area contributed by atoms with E-state index in [1.165, 1.54) is 0 Å². The van der Waals surface area contributed by atoms with Gasteiger partial charge in [-0.15, -0.1) is 0 Å². The minimum absolute atomic E-state index is 0.0788. The first-order valence-corrected chi connectivity index (χ1v) is 9.69. The highest BCUT2D eigenvalue weighted by Gasteiger charge is 2.29. The van der Waals surface area contributed by atoms with Crippen molar-refractivity contribution in [1.29, 1.82) is 0 Å². The van der Waals surface area contributed by atoms with Gasteiger partial charge in [-0.05, 0) is 62.5 Å². The molecule has 0 radical (unpaired) electrons. The number of pyridine rings is 1. The van der Waals surface area contributed by atoms with Crippen molar-refractivity contribution in [2.45, 2.75) is 52.2 Å². The van der Waals surface area contributed by atoms with E-state index in [2.05, 4.69) is 25.9 Å². The quantitative estimate of drug-likeness (QED) is 0.734. The summed E-state index contributed by atoms with van der Waals surface area (Å²) in [5.74, 6) is 0.140. The fourth-order valence-corrected chi connectivity index (χ4v) is 3.73. The zero-order chi connectivity index (χ0) is 19.9. The van der Waals surface area contributed by atoms with Gasteiger partial charge in [-0.3, -0.25) is 9.36 Å². The van der Waals surface area contributed by atoms with E-state index in [9.17, 15) is 9.59 Å². The van der Waals surface area contributed by atoms with Gasteiger partial charge in [0.15, 0.2) is 0 Å². The highest BCUT2D eigenvalue weighted by Crippen LogP contribution is 2.27. The van der Waals surface area contributed by atoms with Gasteiger partial charge < -0.3 is 15.4 Å². The molecule has 1 amide bonds. The number of nitrogen functional groups attached to an aromatic ring is 1. The number of piperidine rings is 1. The van der Waals surface area contributed by atoms with Crippen LogP contribution in [-0.2, 0) is 4.74 Å². The van der Waals surface area contributed by atoms with Crippen LogP contribution in [0.15, 0.2) is 15.3 Å². The van der Waals surface area contributed by atoms with Gasteiger partial charge in [0.25, 0.3) is 5.56 Å². The Balaban J connectivity index is 1.91. The lowest BCUT2D eigenvalue weighted by atomic mass is 10.0. The third kappa shape index (κ3) is 4.07. The molecule has 0 unspecified atom stereocenters. The summed E-state index contributed by atoms with van der Waals surface area (Å²) in [6.07, 6.45) is 0.941. The van der Waals surface area contributed by atoms with Gasteiger partial charge in [0.2, 0.25) is 5.95 Å². The highest BCUT2D eigenvalue weighted by atomic mass is 79.9. The Kier molecular flexibility index (Phi) is 5.16. The number of carbonyl (C=O) groups excluding carboxylic acids is 1. The number of aryl methyl sites for hydroxylation is 1. The van der Waals surface area contributed by atoms with Crippen LogP contribution in [0.2, 0.25) is 0 Å². The molecule has 1 aliphatic rings. The molecule has 1 aliphatic heterocycles. The highest BCUT2D eigenvalue weighted by molar-refractivity contribution is 9.10. The normalized spacial score (nSPS) is 16.0. The van der Waals surface area contributed by atoms with E-state index in [1.807, 2.05) is 27.7 Å². The standard InChI is InChI=1S/C18H24BrN5O3/c1-10-12-9-13(19)15(25)24(14(12)22-16(20)21-10)11-5-7-23(8-6-11)17(26)27-18(2,3)4/h9,11H,5-8H2,1-4H3,(H2,20,21,22). The maximum atomic E-state index is 12.8. The average molecular weight is 438 g/mol. The monoisotopic (exact) mass is 437 g/mol. The lowest BCUT2D eigenvalue weighted by Crippen LogP contribution is -2.43. The van der Waals surface area contributed by atoms with Gasteiger partial charge in [0.05, 0.1) is 10.2 Å². The Bertz CT molecular complexity index is 943. The number of rotatable bonds is 1. The molecule has 27 heavy (non-hydrogen) atoms. The van der Waals surface area contributed by atoms with Gasteiger partial charge in [-0.1, -0.05) is 0 Å². The number of nitrogens with zero attached hydrogens (tertiary/aromatic N) is 4. The molecule has 0 spiro atoms. The first-order chi connectivity index (χ1) is 12.6. The zero-order valence-corrected chi connectivity index (χ0v) is 17.5. The molecule has 2 aromatic heterocycles. The largest absolute Gasteiger partial charge is 0.444 e. The number of hydrogen-bond acceptors (Lipinski definition) is 6. The molecule has 0 aliphatic carbocycles. The van der Waals surface area contributed by atoms with Crippen molar-refractivity contribution in [1.82, 2.24) is 19.4 Å². The number of nitrogens with two attached hydrogens (primary N) is 1. The Hall–Kier alpha value is -2.16. The fraction of sp³-hybridized carbons (Fsp3) is 0.556. The summed E-state index contributed by atoms with van der Waals surface area (Å²) < 4.78 is 7.57. The van der Waals surface area contributed by atoms with Crippen molar-refractivity contribution < 1.29 is 9.53 Å². The number of aromatic nitrogens is 3. The zero-order valence-electron chi connectivity index (χ0n) is 16.0. The molecule has 3 rings (SSSR count). The van der Waals surface area contributed by atoms with E-state index in [-0.39, 0.29) is 23.6 Å². The molecule has 0 aromatic carbocycles. The van der Waals surface area contributed by atoms with Gasteiger partial charge in [-0.25, -0.2) is 9.78 Å². The molecule has 3 heterocycles. The Labute approximate surface area is 165 Å². The molecule has 0 saturated carbocycles. The van der Waals surface area contributed by atoms with Crippen LogP contribution in [0, 0.1) is 6.92 Å². The van der Waals surface area contributed by atoms with Crippen molar-refractivity contribution in [2.75, 3.05) is 18.8 Å². The van der Waals surface area contributed by atoms with Crippen LogP contribution in [0.3, 0.4) is 0 Å². The smallest absolute Gasteiger partial charge is 0.410 e. The van der Waals surface area contributed by atoms with Crippen LogP contribution in [0.4, 0.5) is 10.7 Å². The van der Waals surface area contributed by atoms with Crippen molar-refractivity contribution in [3.8, 4) is 0 Å². The van der Waals surface area contributed by atoms with Crippen LogP contribution in [0.1, 0.15) is 45.3 Å². The van der Waals surface area contributed by atoms with Gasteiger partial charge in [0, 0.05) is 24.5 Å². The molecular weight excluding hydrogens is 414 g/mol. The van der Waals surface area contributed by atoms with Gasteiger partial charge >= 0.3 is 6.09 Å². The van der Waals surface area contributed by atoms with Gasteiger partial charge in [0.1, 0.15) is 11.2 Å². The molecule has 1 saturated heterocycles. The van der Waals surface area contributed by atoms with Crippen molar-refractivity contribution in [2.24, 2.45) is 0 Å². The third-order valence-corrected chi connectivity index (χ3v) is 5.11. The minimum Gasteiger partial charge on any atom is -0.444 e. The predicted octanol–water partition coefficient (Wildman–Crippen LogP) is 3.02. The van der Waals surface area contributed by atoms with E-state index in [1.54, 1.807) is 15.5 Å². The predicted molar refractivity (Wildman–Crippen MR) is 107 cm³/mol. The SMILES string of the molecule is Cc1nc(N)nc2c1cc(Br)c(=O)n2C1CCN(C(=O)OC(C)(C)C)CC1. The summed E-state index contributed by atoms with van der Waals surface area (Å²) in [7, 11) is 0. The van der Waals surface area contributed by atoms with Crippen LogP contribution < -0.4 is 11.3 Å². The second-order valence-electron chi connectivity index (χ2n) is 7.77. The maximum Gasteiger partial charge on any atom is 0.410 e. The molecule has 0 bridgehead atoms. The van der Waals surface area contributed by atoms with Crippen molar-refractivity contribution in [3.05, 3.63) is 26.6 Å². The number of fused-ring (bicyclic) bond motifs is 1. The van der Waals surface area contributed by atoms with Crippen LogP contribution in [0.25, 0.3) is 11.0 Å². The first-order valence-electron chi connectivity index (χ1n) is 8.89. The second kappa shape index (κ2) is 7.10. The molecule has 2 aromatic rings. The summed E-state index contributed by atoms with van der Waals surface area (Å²) >= 11 is 3.35. The first kappa shape index (κ1) is 19.6. The Morgan fingerprint density at radius 1 is 1.30 bits per heavy atom. The molecular formula is C18H24BrN5O3. The number of ether oxygens (including phenoxy) is 1. The summed E-state index contributed by atoms with van der Waals surface area (Å²) in [6.45, 7) is 8.40. The number of carbonyl (C=O) groups is 1. The number of hydrogen-bond donors (Lipinski definition) is 1. The summed E-state index contributed by atoms with van der Waals surface area (Å²) in [4.78, 5) is 35.3. The van der Waals surface area contributed by atoms with E-state index < -0.39 is 5.60 Å². The molecule has 1 fully saturated rings. The molecule has 2 N–H and O–H groups in total. The number of anilines is 1.